The number of aliphatic hydroxyl groups is 1. The van der Waals surface area contributed by atoms with Gasteiger partial charge in [0.1, 0.15) is 0 Å². The van der Waals surface area contributed by atoms with Gasteiger partial charge in [0.2, 0.25) is 5.91 Å². The Kier molecular flexibility index (Phi) is 7.15. The number of nitrogens with zero attached hydrogens (tertiary/aromatic N) is 1. The molecular formula is C15H24N2O3S. The van der Waals surface area contributed by atoms with Gasteiger partial charge in [0.15, 0.2) is 0 Å². The van der Waals surface area contributed by atoms with E-state index in [0.717, 1.165) is 25.9 Å². The van der Waals surface area contributed by atoms with Crippen LogP contribution < -0.4 is 5.32 Å². The number of carbonyl (C=O) groups is 1. The summed E-state index contributed by atoms with van der Waals surface area (Å²) in [6, 6.07) is 4.02. The van der Waals surface area contributed by atoms with Gasteiger partial charge in [-0.2, -0.15) is 0 Å². The maximum Gasteiger partial charge on any atom is 0.234 e. The fourth-order valence-electron chi connectivity index (χ4n) is 2.41. The number of thiophene rings is 1. The molecule has 0 radical (unpaired) electrons. The van der Waals surface area contributed by atoms with Gasteiger partial charge in [-0.3, -0.25) is 9.69 Å². The molecule has 0 aromatic carbocycles. The molecule has 1 aromatic rings. The summed E-state index contributed by atoms with van der Waals surface area (Å²) < 4.78 is 5.69. The van der Waals surface area contributed by atoms with Crippen LogP contribution in [-0.4, -0.2) is 54.9 Å². The topological polar surface area (TPSA) is 61.8 Å². The van der Waals surface area contributed by atoms with Crippen LogP contribution in [0.3, 0.4) is 0 Å². The molecule has 6 heteroatoms. The molecule has 2 heterocycles. The largest absolute Gasteiger partial charge is 0.396 e. The first-order chi connectivity index (χ1) is 10.3. The van der Waals surface area contributed by atoms with Crippen LogP contribution in [0.2, 0.25) is 0 Å². The van der Waals surface area contributed by atoms with E-state index in [4.69, 9.17) is 9.84 Å². The second-order valence-electron chi connectivity index (χ2n) is 5.28. The molecule has 118 valence electrons. The van der Waals surface area contributed by atoms with Gasteiger partial charge in [-0.25, -0.2) is 0 Å². The standard InChI is InChI=1S/C15H24N2O3S/c18-8-2-9-20-13-4-6-17(7-5-13)12-15(19)16-11-14-3-1-10-21-14/h1,3,10,13,18H,2,4-9,11-12H2,(H,16,19). The number of likely N-dealkylation sites (tertiary alicyclic amines) is 1. The lowest BCUT2D eigenvalue weighted by Gasteiger charge is -2.31. The summed E-state index contributed by atoms with van der Waals surface area (Å²) in [5.74, 6) is 0.0862. The zero-order chi connectivity index (χ0) is 14.9. The molecule has 21 heavy (non-hydrogen) atoms. The number of piperidine rings is 1. The van der Waals surface area contributed by atoms with Crippen molar-refractivity contribution in [3.63, 3.8) is 0 Å². The van der Waals surface area contributed by atoms with Crippen LogP contribution in [0.4, 0.5) is 0 Å². The monoisotopic (exact) mass is 312 g/mol. The highest BCUT2D eigenvalue weighted by atomic mass is 32.1. The molecule has 1 aliphatic rings. The van der Waals surface area contributed by atoms with Crippen molar-refractivity contribution in [2.75, 3.05) is 32.8 Å². The van der Waals surface area contributed by atoms with Gasteiger partial charge in [-0.1, -0.05) is 6.07 Å². The minimum atomic E-state index is 0.0862. The van der Waals surface area contributed by atoms with Crippen LogP contribution in [0.15, 0.2) is 17.5 Å². The van der Waals surface area contributed by atoms with Crippen LogP contribution in [0, 0.1) is 0 Å². The highest BCUT2D eigenvalue weighted by Gasteiger charge is 2.21. The zero-order valence-corrected chi connectivity index (χ0v) is 13.1. The smallest absolute Gasteiger partial charge is 0.234 e. The Balaban J connectivity index is 1.58. The van der Waals surface area contributed by atoms with Crippen molar-refractivity contribution in [1.29, 1.82) is 0 Å². The Morgan fingerprint density at radius 2 is 2.29 bits per heavy atom. The second kappa shape index (κ2) is 9.15. The predicted molar refractivity (Wildman–Crippen MR) is 83.3 cm³/mol. The summed E-state index contributed by atoms with van der Waals surface area (Å²) in [5.41, 5.74) is 0. The Hall–Kier alpha value is -0.950. The summed E-state index contributed by atoms with van der Waals surface area (Å²) in [6.07, 6.45) is 2.90. The number of hydrogen-bond donors (Lipinski definition) is 2. The molecule has 0 spiro atoms. The molecule has 2 N–H and O–H groups in total. The Morgan fingerprint density at radius 1 is 1.48 bits per heavy atom. The van der Waals surface area contributed by atoms with Gasteiger partial charge in [0, 0.05) is 31.2 Å². The average Bonchev–Trinajstić information content (AvgIpc) is 3.01. The minimum absolute atomic E-state index is 0.0862. The fourth-order valence-corrected chi connectivity index (χ4v) is 3.05. The van der Waals surface area contributed by atoms with Crippen LogP contribution in [0.5, 0.6) is 0 Å². The minimum Gasteiger partial charge on any atom is -0.396 e. The summed E-state index contributed by atoms with van der Waals surface area (Å²) >= 11 is 1.66. The number of ether oxygens (including phenoxy) is 1. The highest BCUT2D eigenvalue weighted by molar-refractivity contribution is 7.09. The van der Waals surface area contributed by atoms with Crippen LogP contribution in [0.25, 0.3) is 0 Å². The number of amides is 1. The van der Waals surface area contributed by atoms with E-state index in [2.05, 4.69) is 10.2 Å². The van der Waals surface area contributed by atoms with E-state index in [1.54, 1.807) is 11.3 Å². The van der Waals surface area contributed by atoms with Gasteiger partial charge in [0.25, 0.3) is 0 Å². The number of hydrogen-bond acceptors (Lipinski definition) is 5. The molecule has 2 rings (SSSR count). The molecule has 0 atom stereocenters. The van der Waals surface area contributed by atoms with Gasteiger partial charge < -0.3 is 15.2 Å². The highest BCUT2D eigenvalue weighted by Crippen LogP contribution is 2.13. The molecule has 1 fully saturated rings. The normalized spacial score (nSPS) is 17.0. The van der Waals surface area contributed by atoms with Gasteiger partial charge in [-0.15, -0.1) is 11.3 Å². The lowest BCUT2D eigenvalue weighted by molar-refractivity contribution is -0.123. The van der Waals surface area contributed by atoms with Crippen molar-refractivity contribution in [2.24, 2.45) is 0 Å². The molecule has 1 amide bonds. The van der Waals surface area contributed by atoms with Crippen molar-refractivity contribution in [1.82, 2.24) is 10.2 Å². The maximum absolute atomic E-state index is 11.9. The van der Waals surface area contributed by atoms with E-state index in [-0.39, 0.29) is 18.6 Å². The lowest BCUT2D eigenvalue weighted by Crippen LogP contribution is -2.43. The second-order valence-corrected chi connectivity index (χ2v) is 6.31. The van der Waals surface area contributed by atoms with E-state index in [9.17, 15) is 4.79 Å². The third-order valence-electron chi connectivity index (χ3n) is 3.60. The van der Waals surface area contributed by atoms with Crippen molar-refractivity contribution in [3.8, 4) is 0 Å². The van der Waals surface area contributed by atoms with Gasteiger partial charge in [0.05, 0.1) is 19.2 Å². The number of aliphatic hydroxyl groups excluding tert-OH is 1. The fraction of sp³-hybridized carbons (Fsp3) is 0.667. The quantitative estimate of drug-likeness (QED) is 0.709. The third kappa shape index (κ3) is 6.13. The zero-order valence-electron chi connectivity index (χ0n) is 12.3. The molecule has 0 saturated carbocycles. The van der Waals surface area contributed by atoms with Crippen molar-refractivity contribution >= 4 is 17.2 Å². The van der Waals surface area contributed by atoms with Gasteiger partial charge in [-0.05, 0) is 30.7 Å². The predicted octanol–water partition coefficient (Wildman–Crippen LogP) is 1.23. The summed E-state index contributed by atoms with van der Waals surface area (Å²) in [4.78, 5) is 15.2. The maximum atomic E-state index is 11.9. The molecule has 1 aliphatic heterocycles. The van der Waals surface area contributed by atoms with Gasteiger partial charge >= 0.3 is 0 Å². The van der Waals surface area contributed by atoms with Crippen LogP contribution >= 0.6 is 11.3 Å². The van der Waals surface area contributed by atoms with E-state index >= 15 is 0 Å². The summed E-state index contributed by atoms with van der Waals surface area (Å²) in [6.45, 7) is 3.70. The number of nitrogens with one attached hydrogen (secondary N) is 1. The summed E-state index contributed by atoms with van der Waals surface area (Å²) in [5, 5.41) is 13.7. The van der Waals surface area contributed by atoms with E-state index in [1.165, 1.54) is 4.88 Å². The van der Waals surface area contributed by atoms with E-state index in [1.807, 2.05) is 17.5 Å². The summed E-state index contributed by atoms with van der Waals surface area (Å²) in [7, 11) is 0. The van der Waals surface area contributed by atoms with Crippen molar-refractivity contribution in [3.05, 3.63) is 22.4 Å². The van der Waals surface area contributed by atoms with E-state index in [0.29, 0.717) is 26.1 Å². The third-order valence-corrected chi connectivity index (χ3v) is 4.47. The first-order valence-electron chi connectivity index (χ1n) is 7.52. The number of rotatable bonds is 8. The molecule has 1 saturated heterocycles. The SMILES string of the molecule is O=C(CN1CCC(OCCCO)CC1)NCc1cccs1. The molecule has 1 aromatic heterocycles. The van der Waals surface area contributed by atoms with Crippen LogP contribution in [-0.2, 0) is 16.1 Å². The van der Waals surface area contributed by atoms with Crippen molar-refractivity contribution < 1.29 is 14.6 Å². The Bertz CT molecular complexity index is 403. The van der Waals surface area contributed by atoms with E-state index < -0.39 is 0 Å². The molecule has 0 aliphatic carbocycles. The molecule has 0 unspecified atom stereocenters. The first kappa shape index (κ1) is 16.4. The lowest BCUT2D eigenvalue weighted by atomic mass is 10.1. The Labute approximate surface area is 129 Å². The van der Waals surface area contributed by atoms with Crippen molar-refractivity contribution in [2.45, 2.75) is 31.9 Å². The molecule has 5 nitrogen and oxygen atoms in total. The average molecular weight is 312 g/mol. The molecule has 0 bridgehead atoms. The Morgan fingerprint density at radius 3 is 2.95 bits per heavy atom. The number of carbonyl (C=O) groups excluding carboxylic acids is 1. The van der Waals surface area contributed by atoms with Crippen LogP contribution in [0.1, 0.15) is 24.1 Å². The first-order valence-corrected chi connectivity index (χ1v) is 8.40. The molecular weight excluding hydrogens is 288 g/mol.